The SMILES string of the molecule is COC1[C@@H](CO)O[C@@H](OCC(O)C(O)C(O)COP(C)(=O)O)[C@H]1O. The number of hydrogen-bond donors (Lipinski definition) is 6. The third-order valence-corrected chi connectivity index (χ3v) is 4.08. The molecule has 1 saturated heterocycles. The summed E-state index contributed by atoms with van der Waals surface area (Å²) in [5, 5.41) is 48.1. The van der Waals surface area contributed by atoms with E-state index in [2.05, 4.69) is 4.52 Å². The minimum Gasteiger partial charge on any atom is -0.394 e. The summed E-state index contributed by atoms with van der Waals surface area (Å²) in [6, 6.07) is 0. The Hall–Kier alpha value is -0.170. The average Bonchev–Trinajstić information content (AvgIpc) is 2.83. The molecular formula is C12H25O11P. The quantitative estimate of drug-likeness (QED) is 0.214. The van der Waals surface area contributed by atoms with Gasteiger partial charge in [0.05, 0.1) is 19.8 Å². The Morgan fingerprint density at radius 3 is 2.25 bits per heavy atom. The van der Waals surface area contributed by atoms with Gasteiger partial charge in [0.25, 0.3) is 0 Å². The van der Waals surface area contributed by atoms with Gasteiger partial charge in [0.2, 0.25) is 0 Å². The van der Waals surface area contributed by atoms with Crippen LogP contribution in [0.2, 0.25) is 0 Å². The second-order valence-electron chi connectivity index (χ2n) is 5.47. The van der Waals surface area contributed by atoms with Crippen molar-refractivity contribution in [1.82, 2.24) is 0 Å². The molecule has 5 unspecified atom stereocenters. The van der Waals surface area contributed by atoms with E-state index in [4.69, 9.17) is 24.2 Å². The minimum atomic E-state index is -3.83. The standard InChI is InChI=1S/C12H25O11P/c1-20-11-8(3-13)23-12(10(11)17)21-4-6(14)9(16)7(15)5-22-24(2,18)19/h6-17H,3-5H2,1-2H3,(H,18,19)/t6?,7?,8-,9?,10+,11?,12-/m1/s1. The fourth-order valence-corrected chi connectivity index (χ4v) is 2.57. The van der Waals surface area contributed by atoms with Crippen molar-refractivity contribution in [2.24, 2.45) is 0 Å². The van der Waals surface area contributed by atoms with Gasteiger partial charge in [0.15, 0.2) is 6.29 Å². The van der Waals surface area contributed by atoms with Crippen LogP contribution < -0.4 is 0 Å². The van der Waals surface area contributed by atoms with Crippen molar-refractivity contribution in [3.8, 4) is 0 Å². The van der Waals surface area contributed by atoms with E-state index >= 15 is 0 Å². The first-order valence-corrected chi connectivity index (χ1v) is 9.21. The maximum absolute atomic E-state index is 10.9. The van der Waals surface area contributed by atoms with Gasteiger partial charge in [0, 0.05) is 13.8 Å². The van der Waals surface area contributed by atoms with E-state index in [9.17, 15) is 25.0 Å². The fraction of sp³-hybridized carbons (Fsp3) is 1.00. The summed E-state index contributed by atoms with van der Waals surface area (Å²) in [4.78, 5) is 8.94. The lowest BCUT2D eigenvalue weighted by Crippen LogP contribution is -2.44. The van der Waals surface area contributed by atoms with Crippen LogP contribution in [-0.4, -0.2) is 107 Å². The number of methoxy groups -OCH3 is 1. The molecule has 8 atom stereocenters. The van der Waals surface area contributed by atoms with Gasteiger partial charge in [-0.25, -0.2) is 0 Å². The summed E-state index contributed by atoms with van der Waals surface area (Å²) in [6.07, 6.45) is -8.97. The number of aliphatic hydroxyl groups is 5. The van der Waals surface area contributed by atoms with Gasteiger partial charge in [0.1, 0.15) is 36.6 Å². The fourth-order valence-electron chi connectivity index (χ4n) is 2.14. The zero-order chi connectivity index (χ0) is 18.5. The smallest absolute Gasteiger partial charge is 0.325 e. The second-order valence-corrected chi connectivity index (χ2v) is 7.34. The first-order valence-electron chi connectivity index (χ1n) is 7.18. The van der Waals surface area contributed by atoms with Crippen LogP contribution in [0, 0.1) is 0 Å². The second kappa shape index (κ2) is 9.51. The lowest BCUT2D eigenvalue weighted by Gasteiger charge is -2.25. The Morgan fingerprint density at radius 2 is 1.79 bits per heavy atom. The molecule has 1 aliphatic heterocycles. The van der Waals surface area contributed by atoms with Crippen molar-refractivity contribution in [3.05, 3.63) is 0 Å². The number of aliphatic hydroxyl groups excluding tert-OH is 5. The summed E-state index contributed by atoms with van der Waals surface area (Å²) in [5.74, 6) is 0. The topological polar surface area (TPSA) is 175 Å². The molecule has 0 saturated carbocycles. The zero-order valence-corrected chi connectivity index (χ0v) is 14.2. The van der Waals surface area contributed by atoms with Gasteiger partial charge in [-0.15, -0.1) is 0 Å². The molecule has 12 heteroatoms. The normalized spacial score (nSPS) is 33.8. The molecule has 0 radical (unpaired) electrons. The van der Waals surface area contributed by atoms with E-state index < -0.39 is 70.3 Å². The molecule has 0 bridgehead atoms. The highest BCUT2D eigenvalue weighted by atomic mass is 31.2. The summed E-state index contributed by atoms with van der Waals surface area (Å²) in [7, 11) is -2.50. The van der Waals surface area contributed by atoms with E-state index in [-0.39, 0.29) is 0 Å². The highest BCUT2D eigenvalue weighted by Crippen LogP contribution is 2.36. The van der Waals surface area contributed by atoms with Crippen LogP contribution in [0.1, 0.15) is 0 Å². The van der Waals surface area contributed by atoms with E-state index in [1.807, 2.05) is 0 Å². The minimum absolute atomic E-state index is 0.408. The molecule has 0 aromatic carbocycles. The van der Waals surface area contributed by atoms with Crippen LogP contribution >= 0.6 is 7.60 Å². The van der Waals surface area contributed by atoms with E-state index in [0.29, 0.717) is 0 Å². The highest BCUT2D eigenvalue weighted by Gasteiger charge is 2.44. The third-order valence-electron chi connectivity index (χ3n) is 3.45. The van der Waals surface area contributed by atoms with Crippen molar-refractivity contribution >= 4 is 7.60 Å². The molecule has 24 heavy (non-hydrogen) atoms. The molecule has 6 N–H and O–H groups in total. The Morgan fingerprint density at radius 1 is 1.21 bits per heavy atom. The molecule has 0 aliphatic carbocycles. The highest BCUT2D eigenvalue weighted by molar-refractivity contribution is 7.51. The lowest BCUT2D eigenvalue weighted by atomic mass is 10.1. The van der Waals surface area contributed by atoms with Crippen molar-refractivity contribution < 1.29 is 53.7 Å². The molecular weight excluding hydrogens is 351 g/mol. The van der Waals surface area contributed by atoms with E-state index in [1.54, 1.807) is 0 Å². The molecule has 11 nitrogen and oxygen atoms in total. The van der Waals surface area contributed by atoms with Gasteiger partial charge in [-0.2, -0.15) is 0 Å². The van der Waals surface area contributed by atoms with Crippen molar-refractivity contribution in [3.63, 3.8) is 0 Å². The lowest BCUT2D eigenvalue weighted by molar-refractivity contribution is -0.194. The van der Waals surface area contributed by atoms with Crippen LogP contribution in [0.5, 0.6) is 0 Å². The molecule has 1 fully saturated rings. The first kappa shape index (κ1) is 21.9. The predicted molar refractivity (Wildman–Crippen MR) is 78.2 cm³/mol. The van der Waals surface area contributed by atoms with Gasteiger partial charge in [-0.1, -0.05) is 0 Å². The largest absolute Gasteiger partial charge is 0.394 e. The van der Waals surface area contributed by atoms with E-state index in [0.717, 1.165) is 6.66 Å². The summed E-state index contributed by atoms with van der Waals surface area (Å²) in [5.41, 5.74) is 0. The maximum Gasteiger partial charge on any atom is 0.325 e. The van der Waals surface area contributed by atoms with Crippen LogP contribution in [0.4, 0.5) is 0 Å². The van der Waals surface area contributed by atoms with Crippen LogP contribution in [0.3, 0.4) is 0 Å². The van der Waals surface area contributed by atoms with Gasteiger partial charge in [-0.05, 0) is 0 Å². The van der Waals surface area contributed by atoms with Gasteiger partial charge in [-0.3, -0.25) is 4.57 Å². The number of rotatable bonds is 10. The van der Waals surface area contributed by atoms with Crippen LogP contribution in [0.15, 0.2) is 0 Å². The monoisotopic (exact) mass is 376 g/mol. The Bertz CT molecular complexity index is 416. The maximum atomic E-state index is 10.9. The van der Waals surface area contributed by atoms with Crippen LogP contribution in [-0.2, 0) is 23.3 Å². The molecule has 0 spiro atoms. The van der Waals surface area contributed by atoms with Crippen molar-refractivity contribution in [1.29, 1.82) is 0 Å². The molecule has 144 valence electrons. The molecule has 1 rings (SSSR count). The van der Waals surface area contributed by atoms with E-state index in [1.165, 1.54) is 7.11 Å². The summed E-state index contributed by atoms with van der Waals surface area (Å²) >= 11 is 0. The molecule has 1 aliphatic rings. The Labute approximate surface area is 138 Å². The summed E-state index contributed by atoms with van der Waals surface area (Å²) in [6.45, 7) is -0.677. The zero-order valence-electron chi connectivity index (χ0n) is 13.3. The third kappa shape index (κ3) is 6.28. The van der Waals surface area contributed by atoms with Crippen molar-refractivity contribution in [2.75, 3.05) is 33.6 Å². The predicted octanol–water partition coefficient (Wildman–Crippen LogP) is -2.99. The van der Waals surface area contributed by atoms with Gasteiger partial charge >= 0.3 is 7.60 Å². The van der Waals surface area contributed by atoms with Crippen LogP contribution in [0.25, 0.3) is 0 Å². The average molecular weight is 376 g/mol. The Balaban J connectivity index is 2.44. The molecule has 1 heterocycles. The number of ether oxygens (including phenoxy) is 3. The molecule has 0 aromatic heterocycles. The Kier molecular flexibility index (Phi) is 8.66. The number of hydrogen-bond acceptors (Lipinski definition) is 10. The first-order chi connectivity index (χ1) is 11.1. The molecule has 0 aromatic rings. The van der Waals surface area contributed by atoms with Gasteiger partial charge < -0.3 is 49.2 Å². The van der Waals surface area contributed by atoms with Crippen molar-refractivity contribution in [2.45, 2.75) is 42.9 Å². The summed E-state index contributed by atoms with van der Waals surface area (Å²) < 4.78 is 30.7. The molecule has 0 amide bonds.